The molecule has 0 fully saturated rings. The third-order valence-corrected chi connectivity index (χ3v) is 5.29. The number of hydrogen-bond donors (Lipinski definition) is 2. The molecule has 19 heavy (non-hydrogen) atoms. The molecule has 1 aromatic rings. The fourth-order valence-electron chi connectivity index (χ4n) is 2.35. The molecule has 0 spiro atoms. The van der Waals surface area contributed by atoms with Gasteiger partial charge in [-0.1, -0.05) is 18.2 Å². The average Bonchev–Trinajstić information content (AvgIpc) is 2.35. The van der Waals surface area contributed by atoms with Crippen molar-refractivity contribution in [3.05, 3.63) is 35.4 Å². The summed E-state index contributed by atoms with van der Waals surface area (Å²) in [5.74, 6) is 0. The van der Waals surface area contributed by atoms with Gasteiger partial charge in [0.2, 0.25) is 10.0 Å². The molecule has 0 aliphatic heterocycles. The van der Waals surface area contributed by atoms with Crippen LogP contribution in [0.15, 0.2) is 29.2 Å². The molecule has 104 valence electrons. The topological polar surface area (TPSA) is 72.2 Å². The van der Waals surface area contributed by atoms with Crippen molar-refractivity contribution in [2.75, 3.05) is 5.73 Å². The van der Waals surface area contributed by atoms with Crippen molar-refractivity contribution in [3.63, 3.8) is 0 Å². The number of nitrogens with one attached hydrogen (secondary N) is 1. The zero-order valence-electron chi connectivity index (χ0n) is 11.3. The van der Waals surface area contributed by atoms with Crippen LogP contribution >= 0.6 is 0 Å². The molecule has 0 amide bonds. The summed E-state index contributed by atoms with van der Waals surface area (Å²) in [5.41, 5.74) is 7.81. The van der Waals surface area contributed by atoms with Crippen LogP contribution in [-0.2, 0) is 10.0 Å². The van der Waals surface area contributed by atoms with E-state index in [1.165, 1.54) is 0 Å². The molecule has 0 radical (unpaired) electrons. The number of nitrogens with two attached hydrogens (primary N) is 1. The van der Waals surface area contributed by atoms with Crippen LogP contribution in [0.5, 0.6) is 0 Å². The fourth-order valence-corrected chi connectivity index (χ4v) is 4.06. The Balaban J connectivity index is 2.34. The van der Waals surface area contributed by atoms with Gasteiger partial charge >= 0.3 is 0 Å². The summed E-state index contributed by atoms with van der Waals surface area (Å²) in [6.07, 6.45) is 6.58. The second-order valence-electron chi connectivity index (χ2n) is 5.03. The van der Waals surface area contributed by atoms with E-state index in [2.05, 4.69) is 10.8 Å². The van der Waals surface area contributed by atoms with E-state index in [1.807, 2.05) is 19.1 Å². The van der Waals surface area contributed by atoms with Crippen LogP contribution in [0.3, 0.4) is 0 Å². The molecule has 1 unspecified atom stereocenters. The molecule has 1 aliphatic carbocycles. The van der Waals surface area contributed by atoms with Gasteiger partial charge in [0.25, 0.3) is 0 Å². The van der Waals surface area contributed by atoms with Gasteiger partial charge < -0.3 is 5.73 Å². The van der Waals surface area contributed by atoms with Crippen LogP contribution in [0.4, 0.5) is 5.69 Å². The van der Waals surface area contributed by atoms with E-state index < -0.39 is 10.0 Å². The number of allylic oxidation sites excluding steroid dienone is 1. The highest BCUT2D eigenvalue weighted by Gasteiger charge is 2.24. The zero-order valence-corrected chi connectivity index (χ0v) is 12.1. The second-order valence-corrected chi connectivity index (χ2v) is 6.68. The standard InChI is InChI=1S/C14H20N2O2S/c1-10-8-9-13(15)14(11(10)2)19(17,18)16-12-6-4-3-5-7-12/h3-4,8-9,12,16H,5-7,15H2,1-2H3. The Hall–Kier alpha value is -1.33. The minimum Gasteiger partial charge on any atom is -0.398 e. The van der Waals surface area contributed by atoms with Crippen LogP contribution in [-0.4, -0.2) is 14.5 Å². The van der Waals surface area contributed by atoms with Crippen LogP contribution in [0, 0.1) is 13.8 Å². The Morgan fingerprint density at radius 3 is 2.63 bits per heavy atom. The quantitative estimate of drug-likeness (QED) is 0.659. The molecule has 1 atom stereocenters. The minimum atomic E-state index is -3.55. The summed E-state index contributed by atoms with van der Waals surface area (Å²) in [7, 11) is -3.55. The number of sulfonamides is 1. The molecule has 5 heteroatoms. The maximum absolute atomic E-state index is 12.5. The summed E-state index contributed by atoms with van der Waals surface area (Å²) >= 11 is 0. The lowest BCUT2D eigenvalue weighted by molar-refractivity contribution is 0.522. The predicted octanol–water partition coefficient (Wildman–Crippen LogP) is 2.27. The first-order valence-electron chi connectivity index (χ1n) is 6.45. The van der Waals surface area contributed by atoms with Gasteiger partial charge in [0, 0.05) is 6.04 Å². The highest BCUT2D eigenvalue weighted by molar-refractivity contribution is 7.89. The Labute approximate surface area is 114 Å². The Morgan fingerprint density at radius 1 is 1.26 bits per heavy atom. The molecule has 0 saturated carbocycles. The molecule has 0 bridgehead atoms. The Bertz CT molecular complexity index is 606. The molecule has 1 aliphatic rings. The van der Waals surface area contributed by atoms with Gasteiger partial charge in [0.1, 0.15) is 4.90 Å². The number of rotatable bonds is 3. The van der Waals surface area contributed by atoms with Crippen molar-refractivity contribution >= 4 is 15.7 Å². The summed E-state index contributed by atoms with van der Waals surface area (Å²) in [6.45, 7) is 3.68. The molecule has 0 saturated heterocycles. The van der Waals surface area contributed by atoms with Gasteiger partial charge in [0.15, 0.2) is 0 Å². The largest absolute Gasteiger partial charge is 0.398 e. The molecule has 4 nitrogen and oxygen atoms in total. The van der Waals surface area contributed by atoms with Crippen LogP contribution in [0.1, 0.15) is 30.4 Å². The molecule has 3 N–H and O–H groups in total. The minimum absolute atomic E-state index is 0.0330. The summed E-state index contributed by atoms with van der Waals surface area (Å²) in [4.78, 5) is 0.224. The van der Waals surface area contributed by atoms with E-state index in [4.69, 9.17) is 5.73 Å². The molecular formula is C14H20N2O2S. The first kappa shape index (κ1) is 14.1. The van der Waals surface area contributed by atoms with E-state index in [9.17, 15) is 8.42 Å². The van der Waals surface area contributed by atoms with Crippen molar-refractivity contribution in [1.29, 1.82) is 0 Å². The van der Waals surface area contributed by atoms with Crippen molar-refractivity contribution in [1.82, 2.24) is 4.72 Å². The molecule has 1 aromatic carbocycles. The van der Waals surface area contributed by atoms with Crippen LogP contribution in [0.25, 0.3) is 0 Å². The number of nitrogen functional groups attached to an aromatic ring is 1. The van der Waals surface area contributed by atoms with Crippen LogP contribution < -0.4 is 10.5 Å². The zero-order chi connectivity index (χ0) is 14.0. The van der Waals surface area contributed by atoms with Crippen molar-refractivity contribution in [2.24, 2.45) is 0 Å². The monoisotopic (exact) mass is 280 g/mol. The SMILES string of the molecule is Cc1ccc(N)c(S(=O)(=O)NC2CC=CCC2)c1C. The normalized spacial score (nSPS) is 19.6. The number of anilines is 1. The van der Waals surface area contributed by atoms with Gasteiger partial charge in [0.05, 0.1) is 5.69 Å². The highest BCUT2D eigenvalue weighted by atomic mass is 32.2. The van der Waals surface area contributed by atoms with Crippen molar-refractivity contribution in [3.8, 4) is 0 Å². The van der Waals surface area contributed by atoms with E-state index >= 15 is 0 Å². The van der Waals surface area contributed by atoms with Crippen LogP contribution in [0.2, 0.25) is 0 Å². The smallest absolute Gasteiger partial charge is 0.243 e. The maximum atomic E-state index is 12.5. The van der Waals surface area contributed by atoms with E-state index in [0.717, 1.165) is 30.4 Å². The summed E-state index contributed by atoms with van der Waals surface area (Å²) in [6, 6.07) is 3.46. The second kappa shape index (κ2) is 5.35. The van der Waals surface area contributed by atoms with Crippen molar-refractivity contribution < 1.29 is 8.42 Å². The highest BCUT2D eigenvalue weighted by Crippen LogP contribution is 2.26. The number of aryl methyl sites for hydroxylation is 1. The lowest BCUT2D eigenvalue weighted by atomic mass is 10.0. The van der Waals surface area contributed by atoms with E-state index in [0.29, 0.717) is 5.69 Å². The lowest BCUT2D eigenvalue weighted by Crippen LogP contribution is -2.36. The molecular weight excluding hydrogens is 260 g/mol. The summed E-state index contributed by atoms with van der Waals surface area (Å²) < 4.78 is 27.7. The predicted molar refractivity (Wildman–Crippen MR) is 77.4 cm³/mol. The number of benzene rings is 1. The van der Waals surface area contributed by atoms with Gasteiger partial charge in [-0.2, -0.15) is 0 Å². The number of hydrogen-bond acceptors (Lipinski definition) is 3. The summed E-state index contributed by atoms with van der Waals surface area (Å²) in [5, 5.41) is 0. The third kappa shape index (κ3) is 2.98. The fraction of sp³-hybridized carbons (Fsp3) is 0.429. The van der Waals surface area contributed by atoms with Gasteiger partial charge in [-0.25, -0.2) is 13.1 Å². The van der Waals surface area contributed by atoms with Gasteiger partial charge in [-0.05, 0) is 50.3 Å². The first-order chi connectivity index (χ1) is 8.92. The molecule has 2 rings (SSSR count). The Morgan fingerprint density at radius 2 is 2.00 bits per heavy atom. The van der Waals surface area contributed by atoms with E-state index in [1.54, 1.807) is 13.0 Å². The van der Waals surface area contributed by atoms with Gasteiger partial charge in [-0.15, -0.1) is 0 Å². The lowest BCUT2D eigenvalue weighted by Gasteiger charge is -2.21. The van der Waals surface area contributed by atoms with E-state index in [-0.39, 0.29) is 10.9 Å². The van der Waals surface area contributed by atoms with Gasteiger partial charge in [-0.3, -0.25) is 0 Å². The maximum Gasteiger partial charge on any atom is 0.243 e. The first-order valence-corrected chi connectivity index (χ1v) is 7.93. The Kier molecular flexibility index (Phi) is 3.96. The average molecular weight is 280 g/mol. The molecule has 0 aromatic heterocycles. The third-order valence-electron chi connectivity index (χ3n) is 3.57. The molecule has 0 heterocycles. The van der Waals surface area contributed by atoms with Crippen molar-refractivity contribution in [2.45, 2.75) is 44.0 Å².